The molecule has 0 atom stereocenters. The van der Waals surface area contributed by atoms with Gasteiger partial charge in [-0.2, -0.15) is 0 Å². The van der Waals surface area contributed by atoms with Crippen molar-refractivity contribution in [3.63, 3.8) is 0 Å². The average Bonchev–Trinajstić information content (AvgIpc) is 2.26. The molecular formula is C11H15NO2. The third kappa shape index (κ3) is 2.05. The van der Waals surface area contributed by atoms with Gasteiger partial charge in [-0.15, -0.1) is 0 Å². The molecule has 2 rings (SSSR count). The minimum atomic E-state index is 0.0681. The number of aliphatic hydroxyl groups excluding tert-OH is 1. The van der Waals surface area contributed by atoms with E-state index in [4.69, 9.17) is 9.84 Å². The van der Waals surface area contributed by atoms with Crippen molar-refractivity contribution < 1.29 is 9.84 Å². The van der Waals surface area contributed by atoms with E-state index in [1.807, 2.05) is 6.07 Å². The molecule has 3 nitrogen and oxygen atoms in total. The smallest absolute Gasteiger partial charge is 0.119 e. The molecule has 0 bridgehead atoms. The van der Waals surface area contributed by atoms with Gasteiger partial charge in [-0.05, 0) is 36.2 Å². The Labute approximate surface area is 83.7 Å². The maximum absolute atomic E-state index is 8.63. The third-order valence-electron chi connectivity index (χ3n) is 2.42. The van der Waals surface area contributed by atoms with E-state index in [1.165, 1.54) is 11.1 Å². The first-order chi connectivity index (χ1) is 6.90. The van der Waals surface area contributed by atoms with Crippen molar-refractivity contribution >= 4 is 0 Å². The lowest BCUT2D eigenvalue weighted by molar-refractivity contribution is 0.201. The van der Waals surface area contributed by atoms with Gasteiger partial charge in [0.1, 0.15) is 12.4 Å². The summed E-state index contributed by atoms with van der Waals surface area (Å²) in [5, 5.41) is 12.0. The molecule has 1 heterocycles. The van der Waals surface area contributed by atoms with Crippen LogP contribution in [0, 0.1) is 0 Å². The summed E-state index contributed by atoms with van der Waals surface area (Å²) in [4.78, 5) is 0. The van der Waals surface area contributed by atoms with Crippen molar-refractivity contribution in [2.24, 2.45) is 0 Å². The highest BCUT2D eigenvalue weighted by Gasteiger charge is 2.08. The molecule has 0 amide bonds. The van der Waals surface area contributed by atoms with Gasteiger partial charge in [-0.1, -0.05) is 6.07 Å². The van der Waals surface area contributed by atoms with Crippen LogP contribution in [-0.4, -0.2) is 24.9 Å². The van der Waals surface area contributed by atoms with Crippen molar-refractivity contribution in [3.8, 4) is 5.75 Å². The van der Waals surface area contributed by atoms with Crippen molar-refractivity contribution in [2.75, 3.05) is 19.8 Å². The third-order valence-corrected chi connectivity index (χ3v) is 2.42. The number of hydrogen-bond donors (Lipinski definition) is 2. The van der Waals surface area contributed by atoms with Crippen LogP contribution in [0.1, 0.15) is 11.1 Å². The number of nitrogens with one attached hydrogen (secondary N) is 1. The molecule has 14 heavy (non-hydrogen) atoms. The number of fused-ring (bicyclic) bond motifs is 1. The summed E-state index contributed by atoms with van der Waals surface area (Å²) < 4.78 is 5.35. The number of rotatable bonds is 3. The normalized spacial score (nSPS) is 14.9. The van der Waals surface area contributed by atoms with Gasteiger partial charge in [0, 0.05) is 6.54 Å². The number of hydrogen-bond acceptors (Lipinski definition) is 3. The Balaban J connectivity index is 2.12. The maximum atomic E-state index is 8.63. The van der Waals surface area contributed by atoms with Crippen molar-refractivity contribution in [2.45, 2.75) is 13.0 Å². The average molecular weight is 193 g/mol. The quantitative estimate of drug-likeness (QED) is 0.742. The first-order valence-corrected chi connectivity index (χ1v) is 4.96. The first-order valence-electron chi connectivity index (χ1n) is 4.96. The van der Waals surface area contributed by atoms with Gasteiger partial charge < -0.3 is 15.2 Å². The van der Waals surface area contributed by atoms with Crippen LogP contribution in [0.2, 0.25) is 0 Å². The Morgan fingerprint density at radius 3 is 3.14 bits per heavy atom. The van der Waals surface area contributed by atoms with Crippen LogP contribution in [0.25, 0.3) is 0 Å². The minimum absolute atomic E-state index is 0.0681. The van der Waals surface area contributed by atoms with Gasteiger partial charge in [0.05, 0.1) is 6.61 Å². The molecule has 76 valence electrons. The predicted octanol–water partition coefficient (Wildman–Crippen LogP) is 0.703. The second-order valence-corrected chi connectivity index (χ2v) is 3.43. The van der Waals surface area contributed by atoms with E-state index >= 15 is 0 Å². The summed E-state index contributed by atoms with van der Waals surface area (Å²) in [7, 11) is 0. The number of ether oxygens (including phenoxy) is 1. The highest BCUT2D eigenvalue weighted by atomic mass is 16.5. The molecule has 0 saturated carbocycles. The van der Waals surface area contributed by atoms with E-state index in [9.17, 15) is 0 Å². The van der Waals surface area contributed by atoms with Gasteiger partial charge in [0.25, 0.3) is 0 Å². The molecule has 0 spiro atoms. The van der Waals surface area contributed by atoms with E-state index in [1.54, 1.807) is 0 Å². The Morgan fingerprint density at radius 2 is 2.29 bits per heavy atom. The minimum Gasteiger partial charge on any atom is -0.491 e. The van der Waals surface area contributed by atoms with Gasteiger partial charge in [-0.25, -0.2) is 0 Å². The van der Waals surface area contributed by atoms with Crippen LogP contribution in [0.5, 0.6) is 5.75 Å². The van der Waals surface area contributed by atoms with Crippen LogP contribution in [0.15, 0.2) is 18.2 Å². The van der Waals surface area contributed by atoms with Gasteiger partial charge in [0.2, 0.25) is 0 Å². The molecule has 3 heteroatoms. The lowest BCUT2D eigenvalue weighted by atomic mass is 10.0. The van der Waals surface area contributed by atoms with Crippen molar-refractivity contribution in [1.82, 2.24) is 5.32 Å². The molecule has 1 aromatic carbocycles. The van der Waals surface area contributed by atoms with E-state index in [0.29, 0.717) is 6.61 Å². The van der Waals surface area contributed by atoms with Gasteiger partial charge >= 0.3 is 0 Å². The zero-order valence-electron chi connectivity index (χ0n) is 8.12. The molecule has 2 N–H and O–H groups in total. The molecule has 1 aliphatic heterocycles. The fourth-order valence-electron chi connectivity index (χ4n) is 1.71. The zero-order valence-corrected chi connectivity index (χ0v) is 8.12. The second kappa shape index (κ2) is 4.44. The molecule has 0 fully saturated rings. The van der Waals surface area contributed by atoms with Crippen LogP contribution in [0.4, 0.5) is 0 Å². The molecule has 0 aromatic heterocycles. The zero-order chi connectivity index (χ0) is 9.80. The standard InChI is InChI=1S/C11H15NO2/c13-5-6-14-11-2-1-10-8-12-4-3-9(10)7-11/h1-2,7,12-13H,3-6,8H2. The van der Waals surface area contributed by atoms with Crippen LogP contribution >= 0.6 is 0 Å². The lowest BCUT2D eigenvalue weighted by Crippen LogP contribution is -2.23. The molecule has 1 aliphatic rings. The molecule has 0 radical (unpaired) electrons. The van der Waals surface area contributed by atoms with Crippen LogP contribution in [-0.2, 0) is 13.0 Å². The summed E-state index contributed by atoms with van der Waals surface area (Å²) in [6.07, 6.45) is 1.06. The van der Waals surface area contributed by atoms with Gasteiger partial charge in [0.15, 0.2) is 0 Å². The summed E-state index contributed by atoms with van der Waals surface area (Å²) in [5.74, 6) is 0.861. The second-order valence-electron chi connectivity index (χ2n) is 3.43. The van der Waals surface area contributed by atoms with Gasteiger partial charge in [-0.3, -0.25) is 0 Å². The number of aliphatic hydroxyl groups is 1. The molecule has 1 aromatic rings. The molecule has 0 unspecified atom stereocenters. The number of benzene rings is 1. The Bertz CT molecular complexity index is 312. The summed E-state index contributed by atoms with van der Waals surface area (Å²) in [6, 6.07) is 6.13. The maximum Gasteiger partial charge on any atom is 0.119 e. The molecular weight excluding hydrogens is 178 g/mol. The summed E-state index contributed by atoms with van der Waals surface area (Å²) in [5.41, 5.74) is 2.71. The Kier molecular flexibility index (Phi) is 3.01. The first kappa shape index (κ1) is 9.49. The monoisotopic (exact) mass is 193 g/mol. The Morgan fingerprint density at radius 1 is 1.36 bits per heavy atom. The predicted molar refractivity (Wildman–Crippen MR) is 54.4 cm³/mol. The van der Waals surface area contributed by atoms with Crippen LogP contribution < -0.4 is 10.1 Å². The van der Waals surface area contributed by atoms with E-state index in [2.05, 4.69) is 17.4 Å². The SMILES string of the molecule is OCCOc1ccc2c(c1)CCNC2. The van der Waals surface area contributed by atoms with Crippen molar-refractivity contribution in [3.05, 3.63) is 29.3 Å². The topological polar surface area (TPSA) is 41.5 Å². The van der Waals surface area contributed by atoms with Crippen LogP contribution in [0.3, 0.4) is 0 Å². The van der Waals surface area contributed by atoms with E-state index in [0.717, 1.165) is 25.3 Å². The lowest BCUT2D eigenvalue weighted by Gasteiger charge is -2.17. The highest BCUT2D eigenvalue weighted by molar-refractivity contribution is 5.37. The summed E-state index contributed by atoms with van der Waals surface area (Å²) in [6.45, 7) is 2.43. The van der Waals surface area contributed by atoms with Crippen molar-refractivity contribution in [1.29, 1.82) is 0 Å². The molecule has 0 aliphatic carbocycles. The fraction of sp³-hybridized carbons (Fsp3) is 0.455. The summed E-state index contributed by atoms with van der Waals surface area (Å²) >= 11 is 0. The largest absolute Gasteiger partial charge is 0.491 e. The van der Waals surface area contributed by atoms with E-state index < -0.39 is 0 Å². The Hall–Kier alpha value is -1.06. The molecule has 0 saturated heterocycles. The van der Waals surface area contributed by atoms with E-state index in [-0.39, 0.29) is 6.61 Å². The highest BCUT2D eigenvalue weighted by Crippen LogP contribution is 2.20. The fourth-order valence-corrected chi connectivity index (χ4v) is 1.71.